The Morgan fingerprint density at radius 1 is 0.286 bits per heavy atom. The Morgan fingerprint density at radius 3 is 0.671 bits per heavy atom. The largest absolute Gasteiger partial charge is 0.333 e. The fourth-order valence-electron chi connectivity index (χ4n) is 12.6. The van der Waals surface area contributed by atoms with E-state index in [9.17, 15) is 10.5 Å². The highest BCUT2D eigenvalue weighted by molar-refractivity contribution is 6.16. The maximum atomic E-state index is 12.7. The van der Waals surface area contributed by atoms with Crippen molar-refractivity contribution in [3.63, 3.8) is 0 Å². The van der Waals surface area contributed by atoms with Gasteiger partial charge in [-0.1, -0.05) is 93.0 Å². The van der Waals surface area contributed by atoms with Crippen LogP contribution in [0.3, 0.4) is 0 Å². The molecule has 338 valence electrons. The van der Waals surface area contributed by atoms with Crippen molar-refractivity contribution in [3.05, 3.63) is 190 Å². The van der Waals surface area contributed by atoms with E-state index in [-0.39, 0.29) is 0 Å². The van der Waals surface area contributed by atoms with Gasteiger partial charge in [-0.2, -0.15) is 10.5 Å². The second-order valence-corrected chi connectivity index (χ2v) is 20.5. The summed E-state index contributed by atoms with van der Waals surface area (Å²) in [6.07, 6.45) is 0. The number of rotatable bonds is 4. The van der Waals surface area contributed by atoms with Crippen LogP contribution < -0.4 is 0 Å². The van der Waals surface area contributed by atoms with Gasteiger partial charge < -0.3 is 18.3 Å². The molecular formula is C64H52N6. The van der Waals surface area contributed by atoms with E-state index in [1.54, 1.807) is 0 Å². The van der Waals surface area contributed by atoms with E-state index in [4.69, 9.17) is 0 Å². The van der Waals surface area contributed by atoms with E-state index in [0.29, 0.717) is 0 Å². The van der Waals surface area contributed by atoms with Gasteiger partial charge in [-0.05, 0) is 152 Å². The number of benzene rings is 8. The zero-order chi connectivity index (χ0) is 48.0. The lowest BCUT2D eigenvalue weighted by molar-refractivity contribution is 0.275. The molecule has 4 atom stereocenters. The summed E-state index contributed by atoms with van der Waals surface area (Å²) in [6.45, 7) is 17.2. The Morgan fingerprint density at radius 2 is 0.471 bits per heavy atom. The van der Waals surface area contributed by atoms with Crippen molar-refractivity contribution in [2.45, 2.75) is 67.5 Å². The Hall–Kier alpha value is -8.32. The average Bonchev–Trinajstić information content (AvgIpc) is 4.03. The summed E-state index contributed by atoms with van der Waals surface area (Å²) < 4.78 is 9.68. The van der Waals surface area contributed by atoms with Crippen molar-refractivity contribution in [2.75, 3.05) is 0 Å². The van der Waals surface area contributed by atoms with Crippen LogP contribution in [0.4, 0.5) is 0 Å². The van der Waals surface area contributed by atoms with Crippen LogP contribution >= 0.6 is 0 Å². The lowest BCUT2D eigenvalue weighted by Crippen LogP contribution is -2.40. The molecule has 70 heavy (non-hydrogen) atoms. The molecule has 12 aromatic rings. The first-order valence-corrected chi connectivity index (χ1v) is 24.5. The van der Waals surface area contributed by atoms with Gasteiger partial charge in [0.15, 0.2) is 0 Å². The first kappa shape index (κ1) is 41.8. The van der Waals surface area contributed by atoms with Gasteiger partial charge in [-0.25, -0.2) is 0 Å². The zero-order valence-electron chi connectivity index (χ0n) is 40.8. The first-order chi connectivity index (χ1) is 33.9. The lowest BCUT2D eigenvalue weighted by atomic mass is 9.75. The number of hydrogen-bond acceptors (Lipinski definition) is 2. The van der Waals surface area contributed by atoms with Crippen LogP contribution in [0.25, 0.3) is 98.6 Å². The maximum absolute atomic E-state index is 12.7. The molecule has 1 aliphatic carbocycles. The third-order valence-corrected chi connectivity index (χ3v) is 15.6. The highest BCUT2D eigenvalue weighted by Gasteiger charge is 2.51. The molecule has 0 N–H and O–H groups in total. The van der Waals surface area contributed by atoms with Gasteiger partial charge >= 0.3 is 0 Å². The summed E-state index contributed by atoms with van der Waals surface area (Å²) in [4.78, 5) is 0. The first-order valence-electron chi connectivity index (χ1n) is 24.5. The molecule has 4 heterocycles. The van der Waals surface area contributed by atoms with Gasteiger partial charge in [-0.3, -0.25) is 0 Å². The van der Waals surface area contributed by atoms with E-state index in [1.165, 1.54) is 22.3 Å². The molecule has 4 unspecified atom stereocenters. The molecule has 6 nitrogen and oxygen atoms in total. The summed E-state index contributed by atoms with van der Waals surface area (Å²) in [5.41, 5.74) is 19.2. The number of aryl methyl sites for hydroxylation is 8. The molecule has 0 saturated heterocycles. The topological polar surface area (TPSA) is 67.3 Å². The number of allylic oxidation sites excluding steroid dienone is 2. The van der Waals surface area contributed by atoms with E-state index < -0.39 is 23.9 Å². The van der Waals surface area contributed by atoms with Crippen molar-refractivity contribution in [1.29, 1.82) is 10.5 Å². The number of aromatic nitrogens is 4. The molecule has 0 saturated carbocycles. The molecule has 0 amide bonds. The summed E-state index contributed by atoms with van der Waals surface area (Å²) in [5.74, 6) is -1.58. The third kappa shape index (κ3) is 5.83. The van der Waals surface area contributed by atoms with Gasteiger partial charge in [0.1, 0.15) is 11.8 Å². The number of fused-ring (bicyclic) bond motifs is 12. The summed E-state index contributed by atoms with van der Waals surface area (Å²) in [6, 6.07) is 58.7. The van der Waals surface area contributed by atoms with Crippen molar-refractivity contribution in [2.24, 2.45) is 11.8 Å². The molecule has 1 aliphatic rings. The average molecular weight is 905 g/mol. The van der Waals surface area contributed by atoms with Gasteiger partial charge in [0.25, 0.3) is 0 Å². The summed E-state index contributed by atoms with van der Waals surface area (Å²) in [7, 11) is 0. The second kappa shape index (κ2) is 15.1. The van der Waals surface area contributed by atoms with E-state index in [2.05, 4.69) is 231 Å². The lowest BCUT2D eigenvalue weighted by Gasteiger charge is -2.44. The molecular weight excluding hydrogens is 853 g/mol. The number of hydrogen-bond donors (Lipinski definition) is 0. The molecule has 0 radical (unpaired) electrons. The number of nitriles is 2. The summed E-state index contributed by atoms with van der Waals surface area (Å²) >= 11 is 0. The Labute approximate surface area is 407 Å². The molecule has 0 fully saturated rings. The minimum Gasteiger partial charge on any atom is -0.333 e. The van der Waals surface area contributed by atoms with Gasteiger partial charge in [0, 0.05) is 65.2 Å². The van der Waals surface area contributed by atoms with Crippen LogP contribution in [0.15, 0.2) is 146 Å². The van der Waals surface area contributed by atoms with Gasteiger partial charge in [0.2, 0.25) is 0 Å². The van der Waals surface area contributed by atoms with Crippen LogP contribution in [0, 0.1) is 89.9 Å². The fourth-order valence-corrected chi connectivity index (χ4v) is 12.6. The van der Waals surface area contributed by atoms with Gasteiger partial charge in [0.05, 0.1) is 57.7 Å². The van der Waals surface area contributed by atoms with E-state index in [1.807, 2.05) is 0 Å². The van der Waals surface area contributed by atoms with Crippen LogP contribution in [-0.4, -0.2) is 18.3 Å². The molecule has 8 aromatic carbocycles. The smallest absolute Gasteiger partial charge is 0.111 e. The minimum absolute atomic E-state index is 0.582. The van der Waals surface area contributed by atoms with Crippen molar-refractivity contribution < 1.29 is 0 Å². The molecule has 0 spiro atoms. The molecule has 0 aliphatic heterocycles. The monoisotopic (exact) mass is 904 g/mol. The van der Waals surface area contributed by atoms with E-state index in [0.717, 1.165) is 121 Å². The predicted molar refractivity (Wildman–Crippen MR) is 291 cm³/mol. The second-order valence-electron chi connectivity index (χ2n) is 20.5. The SMILES string of the molecule is Cc1ccc2c(c1)c1cc(C)ccc1n2C1=C(n2c3ccc(C)cc3c3cc(C)ccc32)C(C#N)C(n2c3ccc(C)cc3c3cc(C)ccc32)C(n2c3ccc(C)cc3c3cc(C)ccc32)C1C#N. The van der Waals surface area contributed by atoms with E-state index >= 15 is 0 Å². The van der Waals surface area contributed by atoms with Gasteiger partial charge in [-0.15, -0.1) is 0 Å². The van der Waals surface area contributed by atoms with Crippen LogP contribution in [0.5, 0.6) is 0 Å². The Kier molecular flexibility index (Phi) is 9.02. The van der Waals surface area contributed by atoms with Crippen molar-refractivity contribution in [3.8, 4) is 12.1 Å². The Bertz CT molecular complexity index is 3870. The highest BCUT2D eigenvalue weighted by atomic mass is 15.2. The number of nitrogens with zero attached hydrogens (tertiary/aromatic N) is 6. The fraction of sp³-hybridized carbons (Fsp3) is 0.188. The minimum atomic E-state index is -0.792. The third-order valence-electron chi connectivity index (χ3n) is 15.6. The maximum Gasteiger partial charge on any atom is 0.111 e. The quantitative estimate of drug-likeness (QED) is 0.177. The molecule has 6 heteroatoms. The van der Waals surface area contributed by atoms with Crippen LogP contribution in [0.1, 0.15) is 56.6 Å². The Balaban J connectivity index is 1.30. The zero-order valence-corrected chi connectivity index (χ0v) is 40.8. The standard InChI is InChI=1S/C64H52N6/c1-35-9-17-53-43(25-35)44-26-36(2)10-18-54(44)67(53)61-51(33-65)63(69-57-21-13-39(5)29-47(57)48-30-40(6)14-22-58(48)69)64(70-59-23-15-41(7)31-49(59)50-32-42(8)16-24-60(50)70)52(34-66)62(61)68-55-19-11-37(3)27-45(55)46-28-38(4)12-20-56(46)68/h9-32,51-52,61-62H,1-8H3. The van der Waals surface area contributed by atoms with Crippen LogP contribution in [0.2, 0.25) is 0 Å². The summed E-state index contributed by atoms with van der Waals surface area (Å²) in [5, 5.41) is 34.4. The van der Waals surface area contributed by atoms with Crippen molar-refractivity contribution >= 4 is 98.6 Å². The van der Waals surface area contributed by atoms with Crippen molar-refractivity contribution in [1.82, 2.24) is 18.3 Å². The predicted octanol–water partition coefficient (Wildman–Crippen LogP) is 16.2. The normalized spacial score (nSPS) is 17.6. The molecule has 0 bridgehead atoms. The van der Waals surface area contributed by atoms with Crippen LogP contribution in [-0.2, 0) is 0 Å². The molecule has 13 rings (SSSR count). The highest BCUT2D eigenvalue weighted by Crippen LogP contribution is 2.57. The molecule has 4 aromatic heterocycles.